The molecule has 4 heteroatoms. The van der Waals surface area contributed by atoms with Crippen molar-refractivity contribution in [3.8, 4) is 0 Å². The first-order valence-corrected chi connectivity index (χ1v) is 5.44. The van der Waals surface area contributed by atoms with Gasteiger partial charge < -0.3 is 10.1 Å². The minimum atomic E-state index is -0.247. The van der Waals surface area contributed by atoms with Gasteiger partial charge in [-0.05, 0) is 25.0 Å². The second kappa shape index (κ2) is 3.56. The molecule has 2 aliphatic heterocycles. The molecule has 0 aromatic rings. The summed E-state index contributed by atoms with van der Waals surface area (Å²) in [7, 11) is 0. The van der Waals surface area contributed by atoms with Crippen LogP contribution in [0.25, 0.3) is 0 Å². The molecule has 2 fully saturated rings. The van der Waals surface area contributed by atoms with E-state index in [1.54, 1.807) is 0 Å². The van der Waals surface area contributed by atoms with Crippen LogP contribution in [0, 0.1) is 0 Å². The van der Waals surface area contributed by atoms with E-state index in [2.05, 4.69) is 5.32 Å². The summed E-state index contributed by atoms with van der Waals surface area (Å²) in [6.45, 7) is 0.565. The number of carbonyl (C=O) groups excluding carboxylic acids is 1. The molecule has 2 rings (SSSR count). The number of cyclic esters (lactones) is 1. The molecular weight excluding hydrogens is 174 g/mol. The molecule has 0 aromatic carbocycles. The van der Waals surface area contributed by atoms with E-state index in [1.165, 1.54) is 18.6 Å². The Bertz CT molecular complexity index is 180. The van der Waals surface area contributed by atoms with Crippen molar-refractivity contribution in [1.29, 1.82) is 0 Å². The summed E-state index contributed by atoms with van der Waals surface area (Å²) in [4.78, 5) is 10.7. The molecule has 2 unspecified atom stereocenters. The van der Waals surface area contributed by atoms with Crippen LogP contribution in [0.5, 0.6) is 0 Å². The summed E-state index contributed by atoms with van der Waals surface area (Å²) in [5, 5.41) is 3.55. The smallest absolute Gasteiger partial charge is 0.407 e. The highest BCUT2D eigenvalue weighted by Gasteiger charge is 2.26. The lowest BCUT2D eigenvalue weighted by Gasteiger charge is -2.11. The zero-order valence-corrected chi connectivity index (χ0v) is 7.73. The molecule has 2 heterocycles. The predicted molar refractivity (Wildman–Crippen MR) is 48.4 cm³/mol. The van der Waals surface area contributed by atoms with Gasteiger partial charge >= 0.3 is 6.09 Å². The fraction of sp³-hybridized carbons (Fsp3) is 0.875. The summed E-state index contributed by atoms with van der Waals surface area (Å²) >= 11 is 2.02. The Morgan fingerprint density at radius 3 is 3.17 bits per heavy atom. The minimum absolute atomic E-state index is 0.247. The van der Waals surface area contributed by atoms with Crippen molar-refractivity contribution in [3.63, 3.8) is 0 Å². The fourth-order valence-electron chi connectivity index (χ4n) is 1.70. The third-order valence-electron chi connectivity index (χ3n) is 2.31. The van der Waals surface area contributed by atoms with Gasteiger partial charge in [0.05, 0.1) is 6.04 Å². The average Bonchev–Trinajstić information content (AvgIpc) is 2.63. The molecule has 2 atom stereocenters. The Labute approximate surface area is 76.2 Å². The SMILES string of the molecule is O=C1NC(CC2CCCS2)CO1. The topological polar surface area (TPSA) is 38.3 Å². The number of rotatable bonds is 2. The number of nitrogens with one attached hydrogen (secondary N) is 1. The Balaban J connectivity index is 1.75. The quantitative estimate of drug-likeness (QED) is 0.709. The van der Waals surface area contributed by atoms with Crippen molar-refractivity contribution in [2.75, 3.05) is 12.4 Å². The summed E-state index contributed by atoms with van der Waals surface area (Å²) in [5.41, 5.74) is 0. The van der Waals surface area contributed by atoms with Gasteiger partial charge in [0.2, 0.25) is 0 Å². The van der Waals surface area contributed by atoms with E-state index in [-0.39, 0.29) is 12.1 Å². The van der Waals surface area contributed by atoms with Gasteiger partial charge in [-0.2, -0.15) is 11.8 Å². The van der Waals surface area contributed by atoms with Gasteiger partial charge in [0.25, 0.3) is 0 Å². The molecule has 3 nitrogen and oxygen atoms in total. The lowest BCUT2D eigenvalue weighted by molar-refractivity contribution is 0.176. The molecule has 0 aromatic heterocycles. The van der Waals surface area contributed by atoms with Gasteiger partial charge in [-0.1, -0.05) is 0 Å². The first-order valence-electron chi connectivity index (χ1n) is 4.39. The summed E-state index contributed by atoms with van der Waals surface area (Å²) in [5.74, 6) is 1.28. The van der Waals surface area contributed by atoms with Crippen molar-refractivity contribution in [2.24, 2.45) is 0 Å². The Kier molecular flexibility index (Phi) is 2.44. The van der Waals surface area contributed by atoms with Crippen LogP contribution in [0.1, 0.15) is 19.3 Å². The third kappa shape index (κ3) is 1.86. The molecule has 1 N–H and O–H groups in total. The maximum atomic E-state index is 10.7. The number of hydrogen-bond donors (Lipinski definition) is 1. The zero-order chi connectivity index (χ0) is 8.39. The number of alkyl carbamates (subject to hydrolysis) is 1. The number of amides is 1. The minimum Gasteiger partial charge on any atom is -0.447 e. The van der Waals surface area contributed by atoms with Crippen molar-refractivity contribution in [1.82, 2.24) is 5.32 Å². The van der Waals surface area contributed by atoms with Crippen molar-refractivity contribution in [2.45, 2.75) is 30.6 Å². The van der Waals surface area contributed by atoms with Crippen LogP contribution in [0.2, 0.25) is 0 Å². The van der Waals surface area contributed by atoms with Gasteiger partial charge in [0.1, 0.15) is 6.61 Å². The maximum absolute atomic E-state index is 10.7. The van der Waals surface area contributed by atoms with Crippen LogP contribution in [0.4, 0.5) is 4.79 Å². The van der Waals surface area contributed by atoms with Gasteiger partial charge in [0, 0.05) is 5.25 Å². The molecule has 12 heavy (non-hydrogen) atoms. The van der Waals surface area contributed by atoms with Gasteiger partial charge in [-0.25, -0.2) is 4.79 Å². The largest absolute Gasteiger partial charge is 0.447 e. The number of hydrogen-bond acceptors (Lipinski definition) is 3. The van der Waals surface area contributed by atoms with Crippen LogP contribution < -0.4 is 5.32 Å². The first-order chi connectivity index (χ1) is 5.84. The van der Waals surface area contributed by atoms with E-state index < -0.39 is 0 Å². The summed E-state index contributed by atoms with van der Waals surface area (Å²) in [6, 6.07) is 0.271. The van der Waals surface area contributed by atoms with E-state index in [0.717, 1.165) is 11.7 Å². The predicted octanol–water partition coefficient (Wildman–Crippen LogP) is 1.38. The van der Waals surface area contributed by atoms with Crippen molar-refractivity contribution in [3.05, 3.63) is 0 Å². The van der Waals surface area contributed by atoms with E-state index >= 15 is 0 Å². The van der Waals surface area contributed by atoms with Crippen LogP contribution in [0.3, 0.4) is 0 Å². The molecule has 0 spiro atoms. The number of carbonyl (C=O) groups is 1. The van der Waals surface area contributed by atoms with E-state index in [1.807, 2.05) is 11.8 Å². The average molecular weight is 187 g/mol. The summed E-state index contributed by atoms with van der Waals surface area (Å²) < 4.78 is 4.82. The van der Waals surface area contributed by atoms with E-state index in [4.69, 9.17) is 4.74 Å². The van der Waals surface area contributed by atoms with Gasteiger partial charge in [0.15, 0.2) is 0 Å². The molecule has 68 valence electrons. The molecule has 2 saturated heterocycles. The molecule has 0 aliphatic carbocycles. The highest BCUT2D eigenvalue weighted by atomic mass is 32.2. The monoisotopic (exact) mass is 187 g/mol. The van der Waals surface area contributed by atoms with Crippen molar-refractivity contribution < 1.29 is 9.53 Å². The van der Waals surface area contributed by atoms with Gasteiger partial charge in [-0.3, -0.25) is 0 Å². The third-order valence-corrected chi connectivity index (χ3v) is 3.73. The molecule has 2 aliphatic rings. The lowest BCUT2D eigenvalue weighted by atomic mass is 10.1. The molecule has 0 radical (unpaired) electrons. The highest BCUT2D eigenvalue weighted by molar-refractivity contribution is 8.00. The Hall–Kier alpha value is -0.380. The summed E-state index contributed by atoms with van der Waals surface area (Å²) in [6.07, 6.45) is 3.47. The first kappa shape index (κ1) is 8.23. The lowest BCUT2D eigenvalue weighted by Crippen LogP contribution is -2.28. The van der Waals surface area contributed by atoms with Crippen LogP contribution in [-0.2, 0) is 4.74 Å². The van der Waals surface area contributed by atoms with Crippen LogP contribution in [-0.4, -0.2) is 29.7 Å². The number of thioether (sulfide) groups is 1. The molecular formula is C8H13NO2S. The van der Waals surface area contributed by atoms with Crippen LogP contribution in [0.15, 0.2) is 0 Å². The second-order valence-electron chi connectivity index (χ2n) is 3.31. The van der Waals surface area contributed by atoms with Gasteiger partial charge in [-0.15, -0.1) is 0 Å². The molecule has 0 saturated carbocycles. The molecule has 1 amide bonds. The Morgan fingerprint density at radius 2 is 2.58 bits per heavy atom. The fourth-order valence-corrected chi connectivity index (χ4v) is 3.07. The zero-order valence-electron chi connectivity index (χ0n) is 6.91. The maximum Gasteiger partial charge on any atom is 0.407 e. The highest BCUT2D eigenvalue weighted by Crippen LogP contribution is 2.30. The standard InChI is InChI=1S/C8H13NO2S/c10-8-9-6(5-11-8)4-7-2-1-3-12-7/h6-7H,1-5H2,(H,9,10). The van der Waals surface area contributed by atoms with E-state index in [0.29, 0.717) is 6.61 Å². The van der Waals surface area contributed by atoms with Crippen LogP contribution >= 0.6 is 11.8 Å². The molecule has 0 bridgehead atoms. The second-order valence-corrected chi connectivity index (χ2v) is 4.72. The normalized spacial score (nSPS) is 34.8. The Morgan fingerprint density at radius 1 is 1.67 bits per heavy atom. The number of ether oxygens (including phenoxy) is 1. The van der Waals surface area contributed by atoms with Crippen molar-refractivity contribution >= 4 is 17.9 Å². The van der Waals surface area contributed by atoms with E-state index in [9.17, 15) is 4.79 Å².